The lowest BCUT2D eigenvalue weighted by atomic mass is 9.85. The summed E-state index contributed by atoms with van der Waals surface area (Å²) in [4.78, 5) is 11.7. The molecule has 0 aliphatic carbocycles. The third-order valence-corrected chi connectivity index (χ3v) is 2.96. The van der Waals surface area contributed by atoms with Crippen LogP contribution in [0.5, 0.6) is 0 Å². The van der Waals surface area contributed by atoms with E-state index in [-0.39, 0.29) is 26.1 Å². The first-order valence-electron chi connectivity index (χ1n) is 5.61. The highest BCUT2D eigenvalue weighted by Gasteiger charge is 2.61. The van der Waals surface area contributed by atoms with E-state index in [1.165, 1.54) is 0 Å². The first-order valence-corrected chi connectivity index (χ1v) is 5.61. The van der Waals surface area contributed by atoms with Gasteiger partial charge in [0.05, 0.1) is 0 Å². The summed E-state index contributed by atoms with van der Waals surface area (Å²) < 4.78 is 38.8. The molecule has 6 heteroatoms. The van der Waals surface area contributed by atoms with Gasteiger partial charge in [-0.25, -0.2) is 0 Å². The fourth-order valence-corrected chi connectivity index (χ4v) is 1.86. The number of carbonyl (C=O) groups is 1. The molecule has 0 spiro atoms. The minimum absolute atomic E-state index is 0.189. The van der Waals surface area contributed by atoms with E-state index in [4.69, 9.17) is 0 Å². The molecule has 98 valence electrons. The second kappa shape index (κ2) is 5.53. The number of carbonyl (C=O) groups excluding carboxylic acids is 1. The van der Waals surface area contributed by atoms with Crippen LogP contribution < -0.4 is 10.6 Å². The van der Waals surface area contributed by atoms with E-state index in [9.17, 15) is 18.0 Å². The Balaban J connectivity index is 2.62. The Morgan fingerprint density at radius 2 is 2.24 bits per heavy atom. The van der Waals surface area contributed by atoms with Gasteiger partial charge in [0.15, 0.2) is 5.41 Å². The first-order chi connectivity index (χ1) is 7.94. The van der Waals surface area contributed by atoms with Crippen molar-refractivity contribution in [1.29, 1.82) is 0 Å². The number of allylic oxidation sites excluding steroid dienone is 1. The lowest BCUT2D eigenvalue weighted by Crippen LogP contribution is -2.52. The largest absolute Gasteiger partial charge is 0.404 e. The summed E-state index contributed by atoms with van der Waals surface area (Å²) in [7, 11) is 0. The van der Waals surface area contributed by atoms with Gasteiger partial charge in [0.25, 0.3) is 0 Å². The monoisotopic (exact) mass is 250 g/mol. The Bertz CT molecular complexity index is 294. The zero-order valence-electron chi connectivity index (χ0n) is 9.73. The molecular formula is C11H17F3N2O. The van der Waals surface area contributed by atoms with Gasteiger partial charge in [-0.2, -0.15) is 13.2 Å². The molecule has 0 aromatic heterocycles. The summed E-state index contributed by atoms with van der Waals surface area (Å²) in [5.41, 5.74) is -2.25. The van der Waals surface area contributed by atoms with Crippen LogP contribution >= 0.6 is 0 Å². The van der Waals surface area contributed by atoms with Crippen molar-refractivity contribution in [3.05, 3.63) is 12.2 Å². The van der Waals surface area contributed by atoms with E-state index in [2.05, 4.69) is 10.6 Å². The fourth-order valence-electron chi connectivity index (χ4n) is 1.86. The van der Waals surface area contributed by atoms with Gasteiger partial charge in [-0.1, -0.05) is 12.2 Å². The Kier molecular flexibility index (Phi) is 4.56. The molecule has 1 saturated heterocycles. The van der Waals surface area contributed by atoms with Crippen LogP contribution in [0, 0.1) is 5.41 Å². The van der Waals surface area contributed by atoms with Gasteiger partial charge in [-0.05, 0) is 26.3 Å². The molecule has 0 aromatic rings. The average Bonchev–Trinajstić information content (AvgIpc) is 2.73. The highest BCUT2D eigenvalue weighted by atomic mass is 19.4. The maximum Gasteiger partial charge on any atom is 0.404 e. The minimum atomic E-state index is -4.50. The van der Waals surface area contributed by atoms with Gasteiger partial charge in [0.2, 0.25) is 5.91 Å². The highest BCUT2D eigenvalue weighted by molar-refractivity contribution is 5.84. The van der Waals surface area contributed by atoms with Gasteiger partial charge in [-0.3, -0.25) is 4.79 Å². The summed E-state index contributed by atoms with van der Waals surface area (Å²) in [6, 6.07) is 0. The van der Waals surface area contributed by atoms with E-state index in [1.54, 1.807) is 12.2 Å². The van der Waals surface area contributed by atoms with Crippen molar-refractivity contribution in [3.63, 3.8) is 0 Å². The number of alkyl halides is 3. The number of rotatable bonds is 4. The van der Waals surface area contributed by atoms with E-state index in [0.29, 0.717) is 6.42 Å². The topological polar surface area (TPSA) is 41.1 Å². The summed E-state index contributed by atoms with van der Waals surface area (Å²) in [6.45, 7) is 1.95. The Morgan fingerprint density at radius 1 is 1.53 bits per heavy atom. The maximum absolute atomic E-state index is 12.9. The maximum atomic E-state index is 12.9. The molecule has 1 unspecified atom stereocenters. The van der Waals surface area contributed by atoms with Crippen LogP contribution in [-0.4, -0.2) is 31.7 Å². The van der Waals surface area contributed by atoms with Crippen molar-refractivity contribution < 1.29 is 18.0 Å². The second-order valence-corrected chi connectivity index (χ2v) is 4.12. The van der Waals surface area contributed by atoms with E-state index in [0.717, 1.165) is 0 Å². The zero-order chi connectivity index (χ0) is 12.9. The highest BCUT2D eigenvalue weighted by Crippen LogP contribution is 2.43. The average molecular weight is 250 g/mol. The van der Waals surface area contributed by atoms with Crippen molar-refractivity contribution in [2.75, 3.05) is 19.6 Å². The van der Waals surface area contributed by atoms with Crippen molar-refractivity contribution in [3.8, 4) is 0 Å². The van der Waals surface area contributed by atoms with Crippen LogP contribution in [-0.2, 0) is 4.79 Å². The molecule has 0 saturated carbocycles. The van der Waals surface area contributed by atoms with Gasteiger partial charge in [0.1, 0.15) is 0 Å². The van der Waals surface area contributed by atoms with E-state index >= 15 is 0 Å². The molecule has 1 amide bonds. The Morgan fingerprint density at radius 3 is 2.71 bits per heavy atom. The van der Waals surface area contributed by atoms with Crippen molar-refractivity contribution in [1.82, 2.24) is 10.6 Å². The molecular weight excluding hydrogens is 233 g/mol. The van der Waals surface area contributed by atoms with Crippen LogP contribution in [0.3, 0.4) is 0 Å². The van der Waals surface area contributed by atoms with Crippen LogP contribution in [0.25, 0.3) is 0 Å². The molecule has 0 aromatic carbocycles. The van der Waals surface area contributed by atoms with Crippen molar-refractivity contribution in [2.24, 2.45) is 5.41 Å². The van der Waals surface area contributed by atoms with E-state index < -0.39 is 17.5 Å². The lowest BCUT2D eigenvalue weighted by molar-refractivity contribution is -0.215. The normalized spacial score (nSPS) is 25.4. The Labute approximate surface area is 98.5 Å². The van der Waals surface area contributed by atoms with Gasteiger partial charge in [0, 0.05) is 13.1 Å². The van der Waals surface area contributed by atoms with E-state index in [1.807, 2.05) is 6.92 Å². The predicted molar refractivity (Wildman–Crippen MR) is 58.4 cm³/mol. The number of amides is 1. The summed E-state index contributed by atoms with van der Waals surface area (Å²) in [6.07, 6.45) is -0.549. The zero-order valence-corrected chi connectivity index (χ0v) is 9.73. The third kappa shape index (κ3) is 3.00. The Hall–Kier alpha value is -1.04. The molecule has 1 aliphatic heterocycles. The third-order valence-electron chi connectivity index (χ3n) is 2.96. The standard InChI is InChI=1S/C11H17F3N2O/c1-2-3-4-6-16-9(17)10(11(12,13)14)5-7-15-8-10/h2-3,15H,4-8H2,1H3,(H,16,17)/b3-2+. The SMILES string of the molecule is C/C=C/CCNC(=O)C1(C(F)(F)F)CCNC1. The number of nitrogens with one attached hydrogen (secondary N) is 2. The molecule has 1 rings (SSSR count). The van der Waals surface area contributed by atoms with Crippen LogP contribution in [0.15, 0.2) is 12.2 Å². The molecule has 1 aliphatic rings. The number of hydrogen-bond acceptors (Lipinski definition) is 2. The molecule has 3 nitrogen and oxygen atoms in total. The molecule has 0 radical (unpaired) electrons. The number of hydrogen-bond donors (Lipinski definition) is 2. The second-order valence-electron chi connectivity index (χ2n) is 4.12. The molecule has 2 N–H and O–H groups in total. The summed E-state index contributed by atoms with van der Waals surface area (Å²) >= 11 is 0. The smallest absolute Gasteiger partial charge is 0.355 e. The number of halogens is 3. The van der Waals surface area contributed by atoms with Gasteiger partial charge < -0.3 is 10.6 Å². The summed E-state index contributed by atoms with van der Waals surface area (Å²) in [5, 5.41) is 4.96. The van der Waals surface area contributed by atoms with Crippen molar-refractivity contribution in [2.45, 2.75) is 25.9 Å². The summed E-state index contributed by atoms with van der Waals surface area (Å²) in [5.74, 6) is -0.917. The quantitative estimate of drug-likeness (QED) is 0.588. The molecule has 17 heavy (non-hydrogen) atoms. The van der Waals surface area contributed by atoms with Gasteiger partial charge in [-0.15, -0.1) is 0 Å². The fraction of sp³-hybridized carbons (Fsp3) is 0.727. The minimum Gasteiger partial charge on any atom is -0.355 e. The molecule has 0 bridgehead atoms. The predicted octanol–water partition coefficient (Wildman–Crippen LogP) is 1.61. The van der Waals surface area contributed by atoms with Crippen LogP contribution in [0.1, 0.15) is 19.8 Å². The molecule has 1 heterocycles. The molecule has 1 fully saturated rings. The van der Waals surface area contributed by atoms with Gasteiger partial charge >= 0.3 is 6.18 Å². The van der Waals surface area contributed by atoms with Crippen molar-refractivity contribution >= 4 is 5.91 Å². The van der Waals surface area contributed by atoms with Crippen LogP contribution in [0.2, 0.25) is 0 Å². The lowest BCUT2D eigenvalue weighted by Gasteiger charge is -2.29. The van der Waals surface area contributed by atoms with Crippen LogP contribution in [0.4, 0.5) is 13.2 Å². The molecule has 1 atom stereocenters. The first kappa shape index (κ1) is 14.0.